The van der Waals surface area contributed by atoms with Crippen LogP contribution in [0.3, 0.4) is 0 Å². The van der Waals surface area contributed by atoms with Gasteiger partial charge in [0.05, 0.1) is 29.4 Å². The van der Waals surface area contributed by atoms with Crippen molar-refractivity contribution in [2.45, 2.75) is 26.3 Å². The Balaban J connectivity index is 1.85. The highest BCUT2D eigenvalue weighted by Crippen LogP contribution is 2.46. The predicted octanol–water partition coefficient (Wildman–Crippen LogP) is 2.72. The van der Waals surface area contributed by atoms with Gasteiger partial charge in [0, 0.05) is 12.6 Å². The van der Waals surface area contributed by atoms with Gasteiger partial charge in [0.25, 0.3) is 5.91 Å². The van der Waals surface area contributed by atoms with Crippen LogP contribution in [0.5, 0.6) is 0 Å². The van der Waals surface area contributed by atoms with Crippen LogP contribution in [0, 0.1) is 12.7 Å². The van der Waals surface area contributed by atoms with Gasteiger partial charge in [-0.05, 0) is 19.9 Å². The third kappa shape index (κ3) is 2.12. The van der Waals surface area contributed by atoms with Crippen molar-refractivity contribution in [3.63, 3.8) is 0 Å². The Morgan fingerprint density at radius 3 is 2.93 bits per heavy atom. The highest BCUT2D eigenvalue weighted by atomic mass is 35.5. The molecule has 0 saturated carbocycles. The number of amides is 1. The molecule has 2 aliphatic heterocycles. The predicted molar refractivity (Wildman–Crippen MR) is 95.3 cm³/mol. The van der Waals surface area contributed by atoms with Crippen LogP contribution in [0.25, 0.3) is 11.2 Å². The molecule has 5 heterocycles. The SMILES string of the molecule is Cc1nc2c(ncn2C)c2c1N1c3nc(Cl)c(F)cc3C(=O)NC1OC2C. The molecule has 0 aromatic carbocycles. The molecule has 0 saturated heterocycles. The van der Waals surface area contributed by atoms with Crippen molar-refractivity contribution >= 4 is 40.2 Å². The highest BCUT2D eigenvalue weighted by Gasteiger charge is 2.42. The molecule has 2 atom stereocenters. The first kappa shape index (κ1) is 16.4. The number of hydrogen-bond acceptors (Lipinski definition) is 6. The van der Waals surface area contributed by atoms with Crippen molar-refractivity contribution in [1.82, 2.24) is 24.8 Å². The third-order valence-electron chi connectivity index (χ3n) is 4.89. The second-order valence-electron chi connectivity index (χ2n) is 6.59. The van der Waals surface area contributed by atoms with Gasteiger partial charge in [-0.15, -0.1) is 0 Å². The molecule has 0 aliphatic carbocycles. The first-order chi connectivity index (χ1) is 12.9. The molecule has 0 bridgehead atoms. The van der Waals surface area contributed by atoms with E-state index >= 15 is 0 Å². The molecule has 2 unspecified atom stereocenters. The highest BCUT2D eigenvalue weighted by molar-refractivity contribution is 6.29. The number of aryl methyl sites for hydroxylation is 2. The number of nitrogens with one attached hydrogen (secondary N) is 1. The van der Waals surface area contributed by atoms with Gasteiger partial charge < -0.3 is 14.6 Å². The van der Waals surface area contributed by atoms with E-state index in [-0.39, 0.29) is 22.6 Å². The zero-order valence-corrected chi connectivity index (χ0v) is 15.4. The van der Waals surface area contributed by atoms with E-state index < -0.39 is 18.1 Å². The minimum absolute atomic E-state index is 0.0813. The number of aromatic nitrogens is 4. The van der Waals surface area contributed by atoms with E-state index in [0.29, 0.717) is 11.2 Å². The number of pyridine rings is 2. The summed E-state index contributed by atoms with van der Waals surface area (Å²) < 4.78 is 21.8. The van der Waals surface area contributed by atoms with Gasteiger partial charge >= 0.3 is 0 Å². The lowest BCUT2D eigenvalue weighted by Crippen LogP contribution is -2.55. The quantitative estimate of drug-likeness (QED) is 0.596. The van der Waals surface area contributed by atoms with Crippen LogP contribution in [0.15, 0.2) is 12.4 Å². The van der Waals surface area contributed by atoms with Gasteiger partial charge in [-0.25, -0.2) is 19.3 Å². The zero-order chi connectivity index (χ0) is 19.0. The lowest BCUT2D eigenvalue weighted by Gasteiger charge is -2.44. The summed E-state index contributed by atoms with van der Waals surface area (Å²) in [5.74, 6) is -1.01. The van der Waals surface area contributed by atoms with Gasteiger partial charge in [0.1, 0.15) is 5.52 Å². The molecule has 8 nitrogen and oxygen atoms in total. The molecule has 3 aromatic heterocycles. The minimum atomic E-state index is -0.803. The molecule has 0 spiro atoms. The summed E-state index contributed by atoms with van der Waals surface area (Å²) in [5, 5.41) is 2.42. The normalized spacial score (nSPS) is 20.9. The number of halogens is 2. The van der Waals surface area contributed by atoms with E-state index in [9.17, 15) is 9.18 Å². The second-order valence-corrected chi connectivity index (χ2v) is 6.95. The Bertz CT molecular complexity index is 1150. The van der Waals surface area contributed by atoms with Gasteiger partial charge in [0.15, 0.2) is 22.4 Å². The van der Waals surface area contributed by atoms with Crippen LogP contribution in [0.4, 0.5) is 15.9 Å². The Hall–Kier alpha value is -2.78. The average molecular weight is 389 g/mol. The molecular weight excluding hydrogens is 375 g/mol. The van der Waals surface area contributed by atoms with Crippen LogP contribution in [0.2, 0.25) is 5.15 Å². The fraction of sp³-hybridized carbons (Fsp3) is 0.294. The molecule has 2 aliphatic rings. The smallest absolute Gasteiger partial charge is 0.258 e. The number of carbonyl (C=O) groups excluding carboxylic acids is 1. The lowest BCUT2D eigenvalue weighted by atomic mass is 10.0. The van der Waals surface area contributed by atoms with E-state index in [0.717, 1.165) is 23.0 Å². The van der Waals surface area contributed by atoms with Gasteiger partial charge in [-0.3, -0.25) is 9.69 Å². The van der Waals surface area contributed by atoms with Crippen molar-refractivity contribution in [3.8, 4) is 0 Å². The van der Waals surface area contributed by atoms with Gasteiger partial charge in [-0.2, -0.15) is 0 Å². The summed E-state index contributed by atoms with van der Waals surface area (Å²) in [6.45, 7) is 3.75. The molecule has 3 aromatic rings. The molecule has 138 valence electrons. The molecular formula is C17H14ClFN6O2. The second kappa shape index (κ2) is 5.37. The first-order valence-corrected chi connectivity index (χ1v) is 8.67. The first-order valence-electron chi connectivity index (χ1n) is 8.30. The Morgan fingerprint density at radius 1 is 1.37 bits per heavy atom. The number of anilines is 2. The number of hydrogen-bond donors (Lipinski definition) is 1. The summed E-state index contributed by atoms with van der Waals surface area (Å²) in [7, 11) is 1.87. The monoisotopic (exact) mass is 388 g/mol. The summed E-state index contributed by atoms with van der Waals surface area (Å²) in [5.41, 5.74) is 3.78. The molecule has 5 rings (SSSR count). The van der Waals surface area contributed by atoms with E-state index in [2.05, 4.69) is 20.3 Å². The van der Waals surface area contributed by atoms with Crippen molar-refractivity contribution in [2.24, 2.45) is 7.05 Å². The molecule has 1 N–H and O–H groups in total. The maximum absolute atomic E-state index is 13.9. The lowest BCUT2D eigenvalue weighted by molar-refractivity contribution is -0.0258. The third-order valence-corrected chi connectivity index (χ3v) is 5.15. The minimum Gasteiger partial charge on any atom is -0.332 e. The number of imidazole rings is 1. The van der Waals surface area contributed by atoms with Crippen LogP contribution in [0.1, 0.15) is 34.6 Å². The van der Waals surface area contributed by atoms with E-state index in [4.69, 9.17) is 16.3 Å². The Kier molecular flexibility index (Phi) is 3.26. The average Bonchev–Trinajstić information content (AvgIpc) is 2.97. The number of carbonyl (C=O) groups is 1. The maximum Gasteiger partial charge on any atom is 0.258 e. The standard InChI is InChI=1S/C17H14ClFN6O2/c1-6-12-10(11-15(21-6)24(3)5-20-11)7(2)27-17-23-16(26)8-4-9(19)13(18)22-14(8)25(12)17/h4-5,7,17H,1-3H3,(H,23,26). The molecule has 10 heteroatoms. The number of nitrogens with zero attached hydrogens (tertiary/aromatic N) is 5. The molecule has 27 heavy (non-hydrogen) atoms. The number of ether oxygens (including phenoxy) is 1. The van der Waals surface area contributed by atoms with E-state index in [1.807, 2.05) is 25.5 Å². The molecule has 0 fully saturated rings. The Labute approximate surface area is 157 Å². The zero-order valence-electron chi connectivity index (χ0n) is 14.6. The van der Waals surface area contributed by atoms with Gasteiger partial charge in [-0.1, -0.05) is 11.6 Å². The summed E-state index contributed by atoms with van der Waals surface area (Å²) in [4.78, 5) is 27.4. The van der Waals surface area contributed by atoms with Crippen LogP contribution in [-0.4, -0.2) is 31.8 Å². The van der Waals surface area contributed by atoms with E-state index in [1.54, 1.807) is 11.2 Å². The fourth-order valence-corrected chi connectivity index (χ4v) is 3.84. The number of rotatable bonds is 0. The van der Waals surface area contributed by atoms with Crippen LogP contribution >= 0.6 is 11.6 Å². The molecule has 0 radical (unpaired) electrons. The van der Waals surface area contributed by atoms with Crippen LogP contribution in [-0.2, 0) is 11.8 Å². The Morgan fingerprint density at radius 2 is 2.15 bits per heavy atom. The van der Waals surface area contributed by atoms with Crippen LogP contribution < -0.4 is 10.2 Å². The fourth-order valence-electron chi connectivity index (χ4n) is 3.71. The number of fused-ring (bicyclic) bond motifs is 7. The topological polar surface area (TPSA) is 85.2 Å². The summed E-state index contributed by atoms with van der Waals surface area (Å²) in [6.07, 6.45) is 0.536. The van der Waals surface area contributed by atoms with Crippen molar-refractivity contribution < 1.29 is 13.9 Å². The van der Waals surface area contributed by atoms with Crippen molar-refractivity contribution in [3.05, 3.63) is 40.2 Å². The summed E-state index contributed by atoms with van der Waals surface area (Å²) >= 11 is 5.90. The van der Waals surface area contributed by atoms with Gasteiger partial charge in [0.2, 0.25) is 6.35 Å². The molecule has 1 amide bonds. The van der Waals surface area contributed by atoms with Crippen molar-refractivity contribution in [2.75, 3.05) is 4.90 Å². The summed E-state index contributed by atoms with van der Waals surface area (Å²) in [6, 6.07) is 1.08. The van der Waals surface area contributed by atoms with E-state index in [1.165, 1.54) is 0 Å². The van der Waals surface area contributed by atoms with Crippen molar-refractivity contribution in [1.29, 1.82) is 0 Å². The maximum atomic E-state index is 13.9. The largest absolute Gasteiger partial charge is 0.332 e.